The van der Waals surface area contributed by atoms with E-state index in [1.807, 2.05) is 0 Å². The van der Waals surface area contributed by atoms with Crippen LogP contribution in [0.1, 0.15) is 75.8 Å². The molecule has 1 fully saturated rings. The zero-order valence-electron chi connectivity index (χ0n) is 14.4. The van der Waals surface area contributed by atoms with E-state index in [9.17, 15) is 0 Å². The molecule has 1 nitrogen and oxygen atoms in total. The van der Waals surface area contributed by atoms with Gasteiger partial charge in [0.1, 0.15) is 0 Å². The molecule has 0 atom stereocenters. The summed E-state index contributed by atoms with van der Waals surface area (Å²) in [6, 6.07) is 9.16. The van der Waals surface area contributed by atoms with Gasteiger partial charge in [0.05, 0.1) is 6.61 Å². The summed E-state index contributed by atoms with van der Waals surface area (Å²) in [6.07, 6.45) is 13.8. The Morgan fingerprint density at radius 2 is 1.82 bits per heavy atom. The van der Waals surface area contributed by atoms with Crippen molar-refractivity contribution in [2.45, 2.75) is 71.3 Å². The first-order chi connectivity index (χ1) is 10.8. The Kier molecular flexibility index (Phi) is 7.73. The van der Waals surface area contributed by atoms with E-state index in [2.05, 4.69) is 50.3 Å². The summed E-state index contributed by atoms with van der Waals surface area (Å²) in [5.74, 6) is 1.73. The van der Waals surface area contributed by atoms with Crippen LogP contribution in [0.15, 0.2) is 36.4 Å². The van der Waals surface area contributed by atoms with E-state index in [0.717, 1.165) is 31.5 Å². The average Bonchev–Trinajstić information content (AvgIpc) is 2.57. The largest absolute Gasteiger partial charge is 0.377 e. The molecule has 1 aliphatic rings. The summed E-state index contributed by atoms with van der Waals surface area (Å²) >= 11 is 0. The van der Waals surface area contributed by atoms with Crippen molar-refractivity contribution in [3.63, 3.8) is 0 Å². The van der Waals surface area contributed by atoms with Crippen LogP contribution in [0.5, 0.6) is 0 Å². The van der Waals surface area contributed by atoms with E-state index in [4.69, 9.17) is 4.74 Å². The number of allylic oxidation sites excluding steroid dienone is 2. The Bertz CT molecular complexity index is 424. The fraction of sp³-hybridized carbons (Fsp3) is 0.619. The molecule has 0 bridgehead atoms. The van der Waals surface area contributed by atoms with E-state index >= 15 is 0 Å². The molecule has 0 N–H and O–H groups in total. The lowest BCUT2D eigenvalue weighted by molar-refractivity contribution is 0.121. The smallest absolute Gasteiger partial charge is 0.0716 e. The average molecular weight is 300 g/mol. The number of hydrogen-bond donors (Lipinski definition) is 0. The van der Waals surface area contributed by atoms with Crippen molar-refractivity contribution in [2.75, 3.05) is 6.61 Å². The van der Waals surface area contributed by atoms with Gasteiger partial charge in [0.2, 0.25) is 0 Å². The van der Waals surface area contributed by atoms with Crippen LogP contribution in [0.2, 0.25) is 0 Å². The summed E-state index contributed by atoms with van der Waals surface area (Å²) in [5, 5.41) is 0. The molecule has 1 aliphatic carbocycles. The molecule has 1 aromatic carbocycles. The Labute approximate surface area is 136 Å². The van der Waals surface area contributed by atoms with Crippen molar-refractivity contribution in [3.8, 4) is 0 Å². The summed E-state index contributed by atoms with van der Waals surface area (Å²) in [5.41, 5.74) is 2.84. The standard InChI is InChI=1S/C21H32O/c1-3-5-6-7-18-8-12-20(13-9-18)21-14-10-19(11-15-21)17-22-16-4-2/h3,5,10-11,14-15,18,20H,4,6-9,12-13,16-17H2,1-2H3/t18-,20-. The molecule has 0 spiro atoms. The quantitative estimate of drug-likeness (QED) is 0.407. The summed E-state index contributed by atoms with van der Waals surface area (Å²) in [4.78, 5) is 0. The van der Waals surface area contributed by atoms with Crippen LogP contribution in [0.25, 0.3) is 0 Å². The molecule has 0 amide bonds. The number of benzene rings is 1. The Balaban J connectivity index is 1.76. The lowest BCUT2D eigenvalue weighted by Gasteiger charge is -2.28. The molecule has 1 aromatic rings. The third-order valence-electron chi connectivity index (χ3n) is 4.89. The van der Waals surface area contributed by atoms with Crippen molar-refractivity contribution in [1.29, 1.82) is 0 Å². The van der Waals surface area contributed by atoms with E-state index < -0.39 is 0 Å². The van der Waals surface area contributed by atoms with Crippen molar-refractivity contribution >= 4 is 0 Å². The minimum atomic E-state index is 0.756. The lowest BCUT2D eigenvalue weighted by atomic mass is 9.77. The molecule has 0 heterocycles. The van der Waals surface area contributed by atoms with Crippen LogP contribution < -0.4 is 0 Å². The van der Waals surface area contributed by atoms with Crippen LogP contribution >= 0.6 is 0 Å². The highest BCUT2D eigenvalue weighted by molar-refractivity contribution is 5.25. The van der Waals surface area contributed by atoms with E-state index in [1.54, 1.807) is 0 Å². The zero-order valence-corrected chi connectivity index (χ0v) is 14.4. The van der Waals surface area contributed by atoms with E-state index in [0.29, 0.717) is 0 Å². The van der Waals surface area contributed by atoms with Gasteiger partial charge in [0.25, 0.3) is 0 Å². The van der Waals surface area contributed by atoms with Gasteiger partial charge in [0.15, 0.2) is 0 Å². The van der Waals surface area contributed by atoms with Gasteiger partial charge >= 0.3 is 0 Å². The van der Waals surface area contributed by atoms with Gasteiger partial charge in [-0.2, -0.15) is 0 Å². The van der Waals surface area contributed by atoms with Crippen LogP contribution in [-0.4, -0.2) is 6.61 Å². The minimum absolute atomic E-state index is 0.756. The predicted molar refractivity (Wildman–Crippen MR) is 95.1 cm³/mol. The molecule has 0 aromatic heterocycles. The van der Waals surface area contributed by atoms with Crippen LogP contribution in [0, 0.1) is 5.92 Å². The van der Waals surface area contributed by atoms with E-state index in [1.165, 1.54) is 49.7 Å². The molecule has 0 unspecified atom stereocenters. The second kappa shape index (κ2) is 9.84. The second-order valence-corrected chi connectivity index (χ2v) is 6.66. The SMILES string of the molecule is CC=CCC[C@H]1CC[C@H](c2ccc(COCCC)cc2)CC1. The van der Waals surface area contributed by atoms with Gasteiger partial charge in [-0.3, -0.25) is 0 Å². The predicted octanol–water partition coefficient (Wildman–Crippen LogP) is 6.24. The van der Waals surface area contributed by atoms with Crippen LogP contribution in [0.4, 0.5) is 0 Å². The highest BCUT2D eigenvalue weighted by Gasteiger charge is 2.21. The maximum Gasteiger partial charge on any atom is 0.0716 e. The molecule has 0 saturated heterocycles. The molecular weight excluding hydrogens is 268 g/mol. The Morgan fingerprint density at radius 1 is 1.09 bits per heavy atom. The number of rotatable bonds is 8. The minimum Gasteiger partial charge on any atom is -0.377 e. The normalized spacial score (nSPS) is 22.3. The highest BCUT2D eigenvalue weighted by atomic mass is 16.5. The monoisotopic (exact) mass is 300 g/mol. The Hall–Kier alpha value is -1.08. The molecule has 0 aliphatic heterocycles. The number of hydrogen-bond acceptors (Lipinski definition) is 1. The maximum atomic E-state index is 5.61. The van der Waals surface area contributed by atoms with Gasteiger partial charge in [-0.1, -0.05) is 43.3 Å². The van der Waals surface area contributed by atoms with Crippen LogP contribution in [-0.2, 0) is 11.3 Å². The number of ether oxygens (including phenoxy) is 1. The first kappa shape index (κ1) is 17.3. The van der Waals surface area contributed by atoms with Gasteiger partial charge in [0, 0.05) is 6.61 Å². The molecule has 2 rings (SSSR count). The molecular formula is C21H32O. The van der Waals surface area contributed by atoms with Gasteiger partial charge in [-0.25, -0.2) is 0 Å². The molecule has 0 radical (unpaired) electrons. The van der Waals surface area contributed by atoms with Crippen molar-refractivity contribution in [1.82, 2.24) is 0 Å². The zero-order chi connectivity index (χ0) is 15.6. The van der Waals surface area contributed by atoms with Crippen LogP contribution in [0.3, 0.4) is 0 Å². The topological polar surface area (TPSA) is 9.23 Å². The summed E-state index contributed by atoms with van der Waals surface area (Å²) in [7, 11) is 0. The molecule has 122 valence electrons. The fourth-order valence-corrected chi connectivity index (χ4v) is 3.50. The third kappa shape index (κ3) is 5.61. The Morgan fingerprint density at radius 3 is 2.45 bits per heavy atom. The summed E-state index contributed by atoms with van der Waals surface area (Å²) in [6.45, 7) is 5.89. The molecule has 1 heteroatoms. The van der Waals surface area contributed by atoms with Crippen molar-refractivity contribution < 1.29 is 4.74 Å². The first-order valence-electron chi connectivity index (χ1n) is 9.11. The van der Waals surface area contributed by atoms with Crippen molar-refractivity contribution in [2.24, 2.45) is 5.92 Å². The maximum absolute atomic E-state index is 5.61. The first-order valence-corrected chi connectivity index (χ1v) is 9.11. The fourth-order valence-electron chi connectivity index (χ4n) is 3.50. The van der Waals surface area contributed by atoms with Crippen molar-refractivity contribution in [3.05, 3.63) is 47.5 Å². The summed E-state index contributed by atoms with van der Waals surface area (Å²) < 4.78 is 5.61. The second-order valence-electron chi connectivity index (χ2n) is 6.66. The van der Waals surface area contributed by atoms with Gasteiger partial charge in [-0.15, -0.1) is 0 Å². The third-order valence-corrected chi connectivity index (χ3v) is 4.89. The van der Waals surface area contributed by atoms with Gasteiger partial charge < -0.3 is 4.74 Å². The highest BCUT2D eigenvalue weighted by Crippen LogP contribution is 2.37. The van der Waals surface area contributed by atoms with Gasteiger partial charge in [-0.05, 0) is 74.8 Å². The lowest BCUT2D eigenvalue weighted by Crippen LogP contribution is -2.13. The molecule has 1 saturated carbocycles. The van der Waals surface area contributed by atoms with E-state index in [-0.39, 0.29) is 0 Å². The molecule has 22 heavy (non-hydrogen) atoms.